The van der Waals surface area contributed by atoms with Gasteiger partial charge in [-0.05, 0) is 37.6 Å². The molecule has 0 radical (unpaired) electrons. The molecule has 184 valence electrons. The maximum Gasteiger partial charge on any atom is 0.224 e. The number of carbonyl (C=O) groups excluding carboxylic acids is 1. The summed E-state index contributed by atoms with van der Waals surface area (Å²) in [5, 5.41) is 16.0. The fourth-order valence-corrected chi connectivity index (χ4v) is 3.87. The highest BCUT2D eigenvalue weighted by atomic mass is 19.1. The number of carbonyl (C=O) groups is 1. The maximum atomic E-state index is 15.3. The van der Waals surface area contributed by atoms with Crippen LogP contribution in [0.5, 0.6) is 5.75 Å². The fourth-order valence-electron chi connectivity index (χ4n) is 3.87. The van der Waals surface area contributed by atoms with Gasteiger partial charge < -0.3 is 20.4 Å². The van der Waals surface area contributed by atoms with E-state index >= 15 is 4.39 Å². The Bertz CT molecular complexity index is 1460. The topological polar surface area (TPSA) is 102 Å². The summed E-state index contributed by atoms with van der Waals surface area (Å²) in [5.41, 5.74) is 1.86. The van der Waals surface area contributed by atoms with Crippen molar-refractivity contribution in [2.75, 3.05) is 10.6 Å². The number of halogens is 2. The Balaban J connectivity index is 1.73. The summed E-state index contributed by atoms with van der Waals surface area (Å²) in [4.78, 5) is 18.9. The number of hydrogen-bond donors (Lipinski definition) is 3. The number of amidine groups is 1. The molecule has 1 amide bonds. The summed E-state index contributed by atoms with van der Waals surface area (Å²) in [6, 6.07) is 11.5. The van der Waals surface area contributed by atoms with Crippen LogP contribution in [0.4, 0.5) is 20.2 Å². The minimum atomic E-state index is -0.726. The van der Waals surface area contributed by atoms with Crippen molar-refractivity contribution in [3.8, 4) is 11.8 Å². The van der Waals surface area contributed by atoms with Gasteiger partial charge in [0.1, 0.15) is 17.4 Å². The SMILES string of the molecule is CCC(=O)Nc1cccc(NC2=NC=CCC(C)C(Oc3cc(F)c4[nH]c(C)cc4c3F)=C2C#N)c1. The molecule has 1 unspecified atom stereocenters. The van der Waals surface area contributed by atoms with E-state index in [0.717, 1.165) is 6.07 Å². The van der Waals surface area contributed by atoms with Crippen LogP contribution < -0.4 is 15.4 Å². The maximum absolute atomic E-state index is 15.3. The van der Waals surface area contributed by atoms with E-state index in [4.69, 9.17) is 4.74 Å². The van der Waals surface area contributed by atoms with Crippen LogP contribution in [-0.2, 0) is 4.79 Å². The second kappa shape index (κ2) is 10.4. The number of amides is 1. The van der Waals surface area contributed by atoms with Gasteiger partial charge in [0.25, 0.3) is 0 Å². The molecule has 0 saturated heterocycles. The third-order valence-electron chi connectivity index (χ3n) is 5.69. The summed E-state index contributed by atoms with van der Waals surface area (Å²) in [7, 11) is 0. The van der Waals surface area contributed by atoms with Crippen molar-refractivity contribution in [3.63, 3.8) is 0 Å². The van der Waals surface area contributed by atoms with Crippen molar-refractivity contribution in [2.24, 2.45) is 10.9 Å². The van der Waals surface area contributed by atoms with Gasteiger partial charge in [-0.2, -0.15) is 5.26 Å². The first-order valence-corrected chi connectivity index (χ1v) is 11.5. The number of H-pyrrole nitrogens is 1. The summed E-state index contributed by atoms with van der Waals surface area (Å²) >= 11 is 0. The van der Waals surface area contributed by atoms with Crippen molar-refractivity contribution in [3.05, 3.63) is 77.3 Å². The predicted octanol–water partition coefficient (Wildman–Crippen LogP) is 6.32. The van der Waals surface area contributed by atoms with E-state index in [1.165, 1.54) is 6.07 Å². The van der Waals surface area contributed by atoms with E-state index in [2.05, 4.69) is 26.7 Å². The molecular formula is C27H25F2N5O2. The Kier molecular flexibility index (Phi) is 7.15. The normalized spacial score (nSPS) is 15.7. The number of aromatic nitrogens is 1. The summed E-state index contributed by atoms with van der Waals surface area (Å²) in [5.74, 6) is -1.83. The van der Waals surface area contributed by atoms with Crippen molar-refractivity contribution in [1.29, 1.82) is 5.26 Å². The first kappa shape index (κ1) is 24.7. The molecule has 1 atom stereocenters. The molecule has 2 heterocycles. The first-order chi connectivity index (χ1) is 17.3. The van der Waals surface area contributed by atoms with Crippen LogP contribution in [-0.4, -0.2) is 16.7 Å². The number of nitrogens with one attached hydrogen (secondary N) is 3. The van der Waals surface area contributed by atoms with Crippen LogP contribution in [0.2, 0.25) is 0 Å². The molecule has 36 heavy (non-hydrogen) atoms. The summed E-state index contributed by atoms with van der Waals surface area (Å²) in [6.45, 7) is 5.29. The van der Waals surface area contributed by atoms with Gasteiger partial charge in [0.2, 0.25) is 5.91 Å². The van der Waals surface area contributed by atoms with E-state index < -0.39 is 11.6 Å². The second-order valence-electron chi connectivity index (χ2n) is 8.47. The quantitative estimate of drug-likeness (QED) is 0.390. The molecule has 3 N–H and O–H groups in total. The molecule has 1 aliphatic rings. The molecule has 7 nitrogen and oxygen atoms in total. The number of allylic oxidation sites excluding steroid dienone is 2. The average Bonchev–Trinajstić information content (AvgIpc) is 3.26. The van der Waals surface area contributed by atoms with Gasteiger partial charge in [-0.3, -0.25) is 4.79 Å². The molecule has 1 aromatic heterocycles. The van der Waals surface area contributed by atoms with Crippen molar-refractivity contribution in [2.45, 2.75) is 33.6 Å². The molecular weight excluding hydrogens is 464 g/mol. The number of anilines is 2. The number of ether oxygens (including phenoxy) is 1. The van der Waals surface area contributed by atoms with E-state index in [-0.39, 0.29) is 45.6 Å². The van der Waals surface area contributed by atoms with Crippen LogP contribution >= 0.6 is 0 Å². The number of aromatic amines is 1. The predicted molar refractivity (Wildman–Crippen MR) is 136 cm³/mol. The van der Waals surface area contributed by atoms with Crippen molar-refractivity contribution < 1.29 is 18.3 Å². The largest absolute Gasteiger partial charge is 0.457 e. The lowest BCUT2D eigenvalue weighted by atomic mass is 9.99. The molecule has 1 aliphatic heterocycles. The highest BCUT2D eigenvalue weighted by molar-refractivity contribution is 6.11. The Morgan fingerprint density at radius 2 is 2.06 bits per heavy atom. The molecule has 9 heteroatoms. The smallest absolute Gasteiger partial charge is 0.224 e. The Hall–Kier alpha value is -4.45. The lowest BCUT2D eigenvalue weighted by Gasteiger charge is -2.21. The molecule has 2 aromatic carbocycles. The Morgan fingerprint density at radius 1 is 1.28 bits per heavy atom. The minimum Gasteiger partial charge on any atom is -0.457 e. The van der Waals surface area contributed by atoms with E-state index in [9.17, 15) is 14.4 Å². The summed E-state index contributed by atoms with van der Waals surface area (Å²) < 4.78 is 35.9. The van der Waals surface area contributed by atoms with Gasteiger partial charge in [-0.15, -0.1) is 0 Å². The zero-order valence-electron chi connectivity index (χ0n) is 20.1. The van der Waals surface area contributed by atoms with Crippen LogP contribution in [0.25, 0.3) is 10.9 Å². The van der Waals surface area contributed by atoms with Gasteiger partial charge >= 0.3 is 0 Å². The average molecular weight is 490 g/mol. The van der Waals surface area contributed by atoms with Gasteiger partial charge in [0.05, 0.1) is 5.52 Å². The highest BCUT2D eigenvalue weighted by Gasteiger charge is 2.25. The lowest BCUT2D eigenvalue weighted by molar-refractivity contribution is -0.115. The van der Waals surface area contributed by atoms with Gasteiger partial charge in [0, 0.05) is 47.1 Å². The molecule has 3 aromatic rings. The number of aryl methyl sites for hydroxylation is 1. The van der Waals surface area contributed by atoms with Crippen LogP contribution in [0.15, 0.2) is 65.0 Å². The van der Waals surface area contributed by atoms with Crippen LogP contribution in [0.1, 0.15) is 32.4 Å². The third-order valence-corrected chi connectivity index (χ3v) is 5.69. The Morgan fingerprint density at radius 3 is 2.81 bits per heavy atom. The van der Waals surface area contributed by atoms with Crippen molar-refractivity contribution in [1.82, 2.24) is 4.98 Å². The number of nitrogens with zero attached hydrogens (tertiary/aromatic N) is 2. The van der Waals surface area contributed by atoms with Gasteiger partial charge in [0.15, 0.2) is 23.2 Å². The highest BCUT2D eigenvalue weighted by Crippen LogP contribution is 2.33. The van der Waals surface area contributed by atoms with Gasteiger partial charge in [-0.1, -0.05) is 26.0 Å². The van der Waals surface area contributed by atoms with E-state index in [1.54, 1.807) is 50.4 Å². The molecule has 0 saturated carbocycles. The number of aliphatic imine (C=N–C) groups is 1. The van der Waals surface area contributed by atoms with E-state index in [1.807, 2.05) is 6.92 Å². The number of nitriles is 1. The third kappa shape index (κ3) is 5.13. The zero-order valence-corrected chi connectivity index (χ0v) is 20.1. The summed E-state index contributed by atoms with van der Waals surface area (Å²) in [6.07, 6.45) is 4.19. The van der Waals surface area contributed by atoms with Crippen LogP contribution in [0.3, 0.4) is 0 Å². The fraction of sp³-hybridized carbons (Fsp3) is 0.222. The Labute approximate surface area is 207 Å². The lowest BCUT2D eigenvalue weighted by Crippen LogP contribution is -2.21. The zero-order chi connectivity index (χ0) is 25.8. The van der Waals surface area contributed by atoms with Gasteiger partial charge in [-0.25, -0.2) is 13.8 Å². The molecule has 0 aliphatic carbocycles. The van der Waals surface area contributed by atoms with Crippen LogP contribution in [0, 0.1) is 35.8 Å². The monoisotopic (exact) mass is 489 g/mol. The number of benzene rings is 2. The van der Waals surface area contributed by atoms with Crippen molar-refractivity contribution >= 4 is 34.0 Å². The standard InChI is InChI=1S/C27H25F2N5O2/c1-4-23(35)33-17-8-5-9-18(12-17)34-27-20(14-30)26(15(2)7-6-10-31-27)36-22-13-21(28)25-19(24(22)29)11-16(3)32-25/h5-6,8-13,15,32H,4,7H2,1-3H3,(H,31,34)(H,33,35). The minimum absolute atomic E-state index is 0.0550. The first-order valence-electron chi connectivity index (χ1n) is 11.5. The molecule has 0 spiro atoms. The van der Waals surface area contributed by atoms with E-state index in [0.29, 0.717) is 29.9 Å². The number of rotatable bonds is 5. The molecule has 4 rings (SSSR count). The molecule has 0 fully saturated rings. The number of hydrogen-bond acceptors (Lipinski definition) is 5. The number of fused-ring (bicyclic) bond motifs is 1. The molecule has 0 bridgehead atoms. The second-order valence-corrected chi connectivity index (χ2v) is 8.47.